The van der Waals surface area contributed by atoms with Crippen LogP contribution in [0.2, 0.25) is 0 Å². The summed E-state index contributed by atoms with van der Waals surface area (Å²) in [6, 6.07) is 2.51. The van der Waals surface area contributed by atoms with Crippen LogP contribution in [0.25, 0.3) is 5.65 Å². The number of rotatable bonds is 3. The van der Waals surface area contributed by atoms with Crippen molar-refractivity contribution in [3.8, 4) is 5.75 Å². The van der Waals surface area contributed by atoms with Crippen LogP contribution in [-0.2, 0) is 0 Å². The SMILES string of the molecule is Cc1nc2cc(OC(F)F)ccn2c1C(=O)O. The lowest BCUT2D eigenvalue weighted by Crippen LogP contribution is -2.05. The second-order valence-electron chi connectivity index (χ2n) is 3.32. The molecule has 0 bridgehead atoms. The monoisotopic (exact) mass is 242 g/mol. The third-order valence-electron chi connectivity index (χ3n) is 2.20. The summed E-state index contributed by atoms with van der Waals surface area (Å²) in [6.07, 6.45) is 1.33. The highest BCUT2D eigenvalue weighted by Gasteiger charge is 2.16. The number of carboxylic acids is 1. The average molecular weight is 242 g/mol. The number of imidazole rings is 1. The number of aromatic carboxylic acids is 1. The average Bonchev–Trinajstić information content (AvgIpc) is 2.51. The number of nitrogens with zero attached hydrogens (tertiary/aromatic N) is 2. The number of aryl methyl sites for hydroxylation is 1. The second-order valence-corrected chi connectivity index (χ2v) is 3.32. The molecule has 0 aromatic carbocycles. The predicted molar refractivity (Wildman–Crippen MR) is 53.5 cm³/mol. The van der Waals surface area contributed by atoms with Gasteiger partial charge in [-0.1, -0.05) is 0 Å². The van der Waals surface area contributed by atoms with E-state index in [1.165, 1.54) is 29.7 Å². The Morgan fingerprint density at radius 2 is 2.29 bits per heavy atom. The molecule has 0 fully saturated rings. The van der Waals surface area contributed by atoms with Gasteiger partial charge in [-0.05, 0) is 13.0 Å². The van der Waals surface area contributed by atoms with E-state index in [0.717, 1.165) is 0 Å². The molecule has 7 heteroatoms. The molecule has 5 nitrogen and oxygen atoms in total. The second kappa shape index (κ2) is 4.00. The summed E-state index contributed by atoms with van der Waals surface area (Å²) < 4.78 is 29.5. The zero-order valence-corrected chi connectivity index (χ0v) is 8.72. The van der Waals surface area contributed by atoms with Crippen molar-refractivity contribution in [1.29, 1.82) is 0 Å². The number of pyridine rings is 1. The van der Waals surface area contributed by atoms with Crippen LogP contribution in [0.1, 0.15) is 16.2 Å². The fraction of sp³-hybridized carbons (Fsp3) is 0.200. The molecule has 0 amide bonds. The summed E-state index contributed by atoms with van der Waals surface area (Å²) in [6.45, 7) is -1.39. The van der Waals surface area contributed by atoms with E-state index in [-0.39, 0.29) is 17.1 Å². The van der Waals surface area contributed by atoms with Gasteiger partial charge in [-0.3, -0.25) is 4.40 Å². The number of hydrogen-bond donors (Lipinski definition) is 1. The largest absolute Gasteiger partial charge is 0.477 e. The molecule has 0 saturated heterocycles. The van der Waals surface area contributed by atoms with Crippen LogP contribution in [0.3, 0.4) is 0 Å². The van der Waals surface area contributed by atoms with Crippen LogP contribution in [0.4, 0.5) is 8.78 Å². The van der Waals surface area contributed by atoms with Crippen molar-refractivity contribution in [3.05, 3.63) is 29.7 Å². The van der Waals surface area contributed by atoms with E-state index >= 15 is 0 Å². The van der Waals surface area contributed by atoms with Crippen LogP contribution in [0, 0.1) is 6.92 Å². The molecule has 0 spiro atoms. The summed E-state index contributed by atoms with van der Waals surface area (Å²) in [5, 5.41) is 8.96. The topological polar surface area (TPSA) is 63.8 Å². The first-order valence-electron chi connectivity index (χ1n) is 4.66. The molecule has 0 aliphatic heterocycles. The van der Waals surface area contributed by atoms with Gasteiger partial charge >= 0.3 is 12.6 Å². The lowest BCUT2D eigenvalue weighted by Gasteiger charge is -2.04. The molecule has 1 N–H and O–H groups in total. The number of aromatic nitrogens is 2. The molecular formula is C10H8F2N2O3. The van der Waals surface area contributed by atoms with Crippen molar-refractivity contribution in [2.24, 2.45) is 0 Å². The van der Waals surface area contributed by atoms with Gasteiger partial charge in [0, 0.05) is 12.3 Å². The van der Waals surface area contributed by atoms with Crippen molar-refractivity contribution in [2.45, 2.75) is 13.5 Å². The predicted octanol–water partition coefficient (Wildman–Crippen LogP) is 1.94. The van der Waals surface area contributed by atoms with E-state index in [4.69, 9.17) is 5.11 Å². The molecule has 0 saturated carbocycles. The Hall–Kier alpha value is -2.18. The molecule has 2 heterocycles. The quantitative estimate of drug-likeness (QED) is 0.893. The molecule has 2 aromatic heterocycles. The minimum atomic E-state index is -2.92. The molecule has 17 heavy (non-hydrogen) atoms. The Morgan fingerprint density at radius 3 is 2.88 bits per heavy atom. The molecular weight excluding hydrogens is 234 g/mol. The van der Waals surface area contributed by atoms with Gasteiger partial charge in [0.15, 0.2) is 5.69 Å². The van der Waals surface area contributed by atoms with Crippen molar-refractivity contribution in [1.82, 2.24) is 9.38 Å². The van der Waals surface area contributed by atoms with Gasteiger partial charge in [0.2, 0.25) is 0 Å². The van der Waals surface area contributed by atoms with Crippen molar-refractivity contribution in [2.75, 3.05) is 0 Å². The minimum Gasteiger partial charge on any atom is -0.477 e. The molecule has 0 aliphatic rings. The van der Waals surface area contributed by atoms with Gasteiger partial charge in [0.1, 0.15) is 11.4 Å². The summed E-state index contributed by atoms with van der Waals surface area (Å²) in [5.74, 6) is -1.19. The highest BCUT2D eigenvalue weighted by molar-refractivity contribution is 5.88. The smallest absolute Gasteiger partial charge is 0.387 e. The molecule has 0 radical (unpaired) electrons. The van der Waals surface area contributed by atoms with Crippen LogP contribution >= 0.6 is 0 Å². The first-order valence-corrected chi connectivity index (χ1v) is 4.66. The summed E-state index contributed by atoms with van der Waals surface area (Å²) in [5.41, 5.74) is 0.563. The maximum atomic E-state index is 12.0. The van der Waals surface area contributed by atoms with Crippen LogP contribution in [0.15, 0.2) is 18.3 Å². The van der Waals surface area contributed by atoms with Gasteiger partial charge in [-0.2, -0.15) is 8.78 Å². The molecule has 0 atom stereocenters. The third-order valence-corrected chi connectivity index (χ3v) is 2.20. The van der Waals surface area contributed by atoms with Gasteiger partial charge in [-0.25, -0.2) is 9.78 Å². The number of alkyl halides is 2. The number of carbonyl (C=O) groups is 1. The highest BCUT2D eigenvalue weighted by atomic mass is 19.3. The number of fused-ring (bicyclic) bond motifs is 1. The van der Waals surface area contributed by atoms with E-state index in [2.05, 4.69) is 9.72 Å². The lowest BCUT2D eigenvalue weighted by molar-refractivity contribution is -0.0498. The standard InChI is InChI=1S/C10H8F2N2O3/c1-5-8(9(15)16)14-3-2-6(17-10(11)12)4-7(14)13-5/h2-4,10H,1H3,(H,15,16). The highest BCUT2D eigenvalue weighted by Crippen LogP contribution is 2.19. The van der Waals surface area contributed by atoms with E-state index in [0.29, 0.717) is 5.69 Å². The number of ether oxygens (including phenoxy) is 1. The first-order chi connectivity index (χ1) is 7.99. The van der Waals surface area contributed by atoms with Crippen molar-refractivity contribution in [3.63, 3.8) is 0 Å². The molecule has 0 unspecified atom stereocenters. The van der Waals surface area contributed by atoms with Gasteiger partial charge < -0.3 is 9.84 Å². The lowest BCUT2D eigenvalue weighted by atomic mass is 10.3. The van der Waals surface area contributed by atoms with Crippen LogP contribution in [-0.4, -0.2) is 27.1 Å². The molecule has 2 aromatic rings. The van der Waals surface area contributed by atoms with Gasteiger partial charge in [0.25, 0.3) is 0 Å². The summed E-state index contributed by atoms with van der Waals surface area (Å²) >= 11 is 0. The van der Waals surface area contributed by atoms with Crippen LogP contribution < -0.4 is 4.74 Å². The zero-order chi connectivity index (χ0) is 12.6. The van der Waals surface area contributed by atoms with Gasteiger partial charge in [0.05, 0.1) is 5.69 Å². The third kappa shape index (κ3) is 2.03. The first kappa shape index (κ1) is 11.3. The Kier molecular flexibility index (Phi) is 2.66. The maximum absolute atomic E-state index is 12.0. The Morgan fingerprint density at radius 1 is 1.59 bits per heavy atom. The fourth-order valence-corrected chi connectivity index (χ4v) is 1.58. The molecule has 2 rings (SSSR count). The fourth-order valence-electron chi connectivity index (χ4n) is 1.58. The van der Waals surface area contributed by atoms with E-state index in [1.807, 2.05) is 0 Å². The number of hydrogen-bond acceptors (Lipinski definition) is 3. The van der Waals surface area contributed by atoms with Crippen molar-refractivity contribution >= 4 is 11.6 Å². The van der Waals surface area contributed by atoms with E-state index in [9.17, 15) is 13.6 Å². The Labute approximate surface area is 94.3 Å². The van der Waals surface area contributed by atoms with Gasteiger partial charge in [-0.15, -0.1) is 0 Å². The van der Waals surface area contributed by atoms with Crippen molar-refractivity contribution < 1.29 is 23.4 Å². The summed E-state index contributed by atoms with van der Waals surface area (Å²) in [4.78, 5) is 14.9. The molecule has 90 valence electrons. The zero-order valence-electron chi connectivity index (χ0n) is 8.72. The minimum absolute atomic E-state index is 0.00333. The molecule has 0 aliphatic carbocycles. The van der Waals surface area contributed by atoms with E-state index in [1.54, 1.807) is 0 Å². The number of carboxylic acid groups (broad SMARTS) is 1. The summed E-state index contributed by atoms with van der Waals surface area (Å²) in [7, 11) is 0. The number of halogens is 2. The van der Waals surface area contributed by atoms with E-state index < -0.39 is 12.6 Å². The normalized spacial score (nSPS) is 11.1. The Balaban J connectivity index is 2.54. The maximum Gasteiger partial charge on any atom is 0.387 e. The Bertz CT molecular complexity index is 580. The van der Waals surface area contributed by atoms with Crippen LogP contribution in [0.5, 0.6) is 5.75 Å².